The molecule has 0 spiro atoms. The van der Waals surface area contributed by atoms with E-state index in [1.165, 1.54) is 44.9 Å². The van der Waals surface area contributed by atoms with Gasteiger partial charge in [0.25, 0.3) is 0 Å². The molecule has 5 fully saturated rings. The first-order valence-electron chi connectivity index (χ1n) is 8.74. The smallest absolute Gasteiger partial charge is 0.223 e. The van der Waals surface area contributed by atoms with E-state index in [2.05, 4.69) is 5.32 Å². The minimum atomic E-state index is 0.314. The van der Waals surface area contributed by atoms with Gasteiger partial charge in [0.1, 0.15) is 0 Å². The van der Waals surface area contributed by atoms with Crippen LogP contribution < -0.4 is 11.1 Å². The minimum Gasteiger partial charge on any atom is -0.356 e. The lowest BCUT2D eigenvalue weighted by Crippen LogP contribution is -2.51. The normalized spacial score (nSPS) is 49.5. The molecule has 4 bridgehead atoms. The van der Waals surface area contributed by atoms with E-state index in [4.69, 9.17) is 5.73 Å². The largest absolute Gasteiger partial charge is 0.356 e. The van der Waals surface area contributed by atoms with Gasteiger partial charge in [-0.05, 0) is 74.5 Å². The molecular weight excluding hydrogens is 248 g/mol. The van der Waals surface area contributed by atoms with Crippen molar-refractivity contribution in [3.8, 4) is 0 Å². The van der Waals surface area contributed by atoms with Crippen LogP contribution >= 0.6 is 0 Å². The highest BCUT2D eigenvalue weighted by atomic mass is 16.1. The van der Waals surface area contributed by atoms with Crippen LogP contribution in [0.3, 0.4) is 0 Å². The third-order valence-corrected chi connectivity index (χ3v) is 6.79. The highest BCUT2D eigenvalue weighted by Gasteiger charge is 2.50. The molecule has 0 radical (unpaired) electrons. The summed E-state index contributed by atoms with van der Waals surface area (Å²) in [5, 5.41) is 3.26. The second kappa shape index (κ2) is 5.01. The molecular formula is C17H28N2O. The van der Waals surface area contributed by atoms with E-state index in [1.807, 2.05) is 0 Å². The minimum absolute atomic E-state index is 0.314. The Morgan fingerprint density at radius 3 is 2.20 bits per heavy atom. The summed E-state index contributed by atoms with van der Waals surface area (Å²) in [6, 6.07) is 0.314. The summed E-state index contributed by atoms with van der Waals surface area (Å²) in [6.45, 7) is 0.822. The number of amides is 1. The predicted molar refractivity (Wildman–Crippen MR) is 78.9 cm³/mol. The van der Waals surface area contributed by atoms with Gasteiger partial charge in [0.05, 0.1) is 0 Å². The van der Waals surface area contributed by atoms with E-state index >= 15 is 0 Å². The molecule has 1 amide bonds. The molecule has 0 aromatic rings. The van der Waals surface area contributed by atoms with Crippen LogP contribution in [0.15, 0.2) is 0 Å². The fraction of sp³-hybridized carbons (Fsp3) is 0.941. The van der Waals surface area contributed by atoms with E-state index in [9.17, 15) is 4.79 Å². The van der Waals surface area contributed by atoms with Gasteiger partial charge in [-0.1, -0.05) is 6.42 Å². The van der Waals surface area contributed by atoms with Gasteiger partial charge in [-0.2, -0.15) is 0 Å². The van der Waals surface area contributed by atoms with Crippen LogP contribution in [0.4, 0.5) is 0 Å². The van der Waals surface area contributed by atoms with E-state index in [0.29, 0.717) is 35.6 Å². The highest BCUT2D eigenvalue weighted by molar-refractivity contribution is 5.79. The zero-order valence-corrected chi connectivity index (χ0v) is 12.4. The second-order valence-corrected chi connectivity index (χ2v) is 8.06. The maximum Gasteiger partial charge on any atom is 0.223 e. The molecule has 3 nitrogen and oxygen atoms in total. The summed E-state index contributed by atoms with van der Waals surface area (Å²) in [5.41, 5.74) is 6.11. The fourth-order valence-electron chi connectivity index (χ4n) is 6.02. The van der Waals surface area contributed by atoms with Gasteiger partial charge in [0, 0.05) is 18.5 Å². The maximum atomic E-state index is 12.6. The SMILES string of the molecule is NC1CCCC1CNC(=O)C1C2CC3CC(C2)CC1C3. The first kappa shape index (κ1) is 13.1. The molecule has 0 aromatic carbocycles. The zero-order chi connectivity index (χ0) is 13.7. The van der Waals surface area contributed by atoms with Crippen LogP contribution in [0, 0.1) is 35.5 Å². The number of carbonyl (C=O) groups is 1. The predicted octanol–water partition coefficient (Wildman–Crippen LogP) is 2.30. The topological polar surface area (TPSA) is 55.1 Å². The van der Waals surface area contributed by atoms with Gasteiger partial charge < -0.3 is 11.1 Å². The van der Waals surface area contributed by atoms with Crippen molar-refractivity contribution in [3.63, 3.8) is 0 Å². The first-order chi connectivity index (χ1) is 9.70. The van der Waals surface area contributed by atoms with Crippen LogP contribution in [0.5, 0.6) is 0 Å². The molecule has 0 heterocycles. The van der Waals surface area contributed by atoms with Crippen molar-refractivity contribution in [3.05, 3.63) is 0 Å². The number of nitrogens with one attached hydrogen (secondary N) is 1. The number of hydrogen-bond acceptors (Lipinski definition) is 2. The Bertz CT molecular complexity index is 366. The maximum absolute atomic E-state index is 12.6. The van der Waals surface area contributed by atoms with Gasteiger partial charge in [0.15, 0.2) is 0 Å². The Morgan fingerprint density at radius 2 is 1.65 bits per heavy atom. The third-order valence-electron chi connectivity index (χ3n) is 6.79. The number of nitrogens with two attached hydrogens (primary N) is 1. The Morgan fingerprint density at radius 1 is 1.00 bits per heavy atom. The summed E-state index contributed by atoms with van der Waals surface area (Å²) in [7, 11) is 0. The lowest BCUT2D eigenvalue weighted by molar-refractivity contribution is -0.138. The summed E-state index contributed by atoms with van der Waals surface area (Å²) in [4.78, 5) is 12.6. The molecule has 5 saturated carbocycles. The van der Waals surface area contributed by atoms with Crippen molar-refractivity contribution in [2.24, 2.45) is 41.2 Å². The van der Waals surface area contributed by atoms with Crippen molar-refractivity contribution in [2.45, 2.75) is 57.4 Å². The van der Waals surface area contributed by atoms with Crippen molar-refractivity contribution < 1.29 is 4.79 Å². The third kappa shape index (κ3) is 2.18. The summed E-state index contributed by atoms with van der Waals surface area (Å²) in [5.74, 6) is 4.51. The Hall–Kier alpha value is -0.570. The van der Waals surface area contributed by atoms with Crippen molar-refractivity contribution >= 4 is 5.91 Å². The lowest BCUT2D eigenvalue weighted by atomic mass is 9.51. The van der Waals surface area contributed by atoms with E-state index in [1.54, 1.807) is 0 Å². The quantitative estimate of drug-likeness (QED) is 0.831. The van der Waals surface area contributed by atoms with E-state index in [-0.39, 0.29) is 0 Å². The Balaban J connectivity index is 1.36. The van der Waals surface area contributed by atoms with Crippen molar-refractivity contribution in [1.29, 1.82) is 0 Å². The summed E-state index contributed by atoms with van der Waals surface area (Å²) in [6.07, 6.45) is 10.3. The molecule has 112 valence electrons. The van der Waals surface area contributed by atoms with Crippen molar-refractivity contribution in [2.75, 3.05) is 6.54 Å². The van der Waals surface area contributed by atoms with Crippen molar-refractivity contribution in [1.82, 2.24) is 5.32 Å². The van der Waals surface area contributed by atoms with Gasteiger partial charge in [-0.3, -0.25) is 4.79 Å². The molecule has 0 saturated heterocycles. The molecule has 2 unspecified atom stereocenters. The van der Waals surface area contributed by atoms with Crippen LogP contribution in [0.25, 0.3) is 0 Å². The van der Waals surface area contributed by atoms with Crippen LogP contribution in [-0.4, -0.2) is 18.5 Å². The van der Waals surface area contributed by atoms with Gasteiger partial charge in [0.2, 0.25) is 5.91 Å². The van der Waals surface area contributed by atoms with Gasteiger partial charge >= 0.3 is 0 Å². The number of rotatable bonds is 3. The molecule has 3 N–H and O–H groups in total. The zero-order valence-electron chi connectivity index (χ0n) is 12.4. The van der Waals surface area contributed by atoms with Crippen LogP contribution in [-0.2, 0) is 4.79 Å². The Kier molecular flexibility index (Phi) is 3.29. The fourth-order valence-corrected chi connectivity index (χ4v) is 6.02. The number of carbonyl (C=O) groups excluding carboxylic acids is 1. The summed E-state index contributed by atoms with van der Waals surface area (Å²) < 4.78 is 0. The monoisotopic (exact) mass is 276 g/mol. The second-order valence-electron chi connectivity index (χ2n) is 8.06. The molecule has 3 heteroatoms. The lowest BCUT2D eigenvalue weighted by Gasteiger charge is -2.53. The average molecular weight is 276 g/mol. The molecule has 5 aliphatic rings. The van der Waals surface area contributed by atoms with Crippen LogP contribution in [0.1, 0.15) is 51.4 Å². The molecule has 5 rings (SSSR count). The summed E-state index contributed by atoms with van der Waals surface area (Å²) >= 11 is 0. The molecule has 0 aromatic heterocycles. The van der Waals surface area contributed by atoms with E-state index < -0.39 is 0 Å². The number of hydrogen-bond donors (Lipinski definition) is 2. The highest BCUT2D eigenvalue weighted by Crippen LogP contribution is 2.56. The van der Waals surface area contributed by atoms with Gasteiger partial charge in [-0.15, -0.1) is 0 Å². The molecule has 0 aliphatic heterocycles. The average Bonchev–Trinajstić information content (AvgIpc) is 2.80. The van der Waals surface area contributed by atoms with Crippen LogP contribution in [0.2, 0.25) is 0 Å². The standard InChI is InChI=1S/C17H28N2O/c18-15-3-1-2-12(15)9-19-17(20)16-13-5-10-4-11(7-13)8-14(16)6-10/h10-16H,1-9,18H2,(H,19,20). The van der Waals surface area contributed by atoms with Gasteiger partial charge in [-0.25, -0.2) is 0 Å². The molecule has 5 aliphatic carbocycles. The first-order valence-corrected chi connectivity index (χ1v) is 8.74. The van der Waals surface area contributed by atoms with E-state index in [0.717, 1.165) is 24.8 Å². The molecule has 20 heavy (non-hydrogen) atoms. The Labute approximate surface area is 122 Å². The molecule has 2 atom stereocenters.